The molecule has 13 nitrogen and oxygen atoms in total. The van der Waals surface area contributed by atoms with Gasteiger partial charge in [0.1, 0.15) is 12.1 Å². The molecule has 2 fully saturated rings. The van der Waals surface area contributed by atoms with Crippen LogP contribution in [0.4, 0.5) is 0 Å². The Hall–Kier alpha value is -3.40. The lowest BCUT2D eigenvalue weighted by molar-refractivity contribution is -0.142. The molecule has 2 aliphatic rings. The highest BCUT2D eigenvalue weighted by Crippen LogP contribution is 2.26. The molecular formula is C37H53ClN6O7S. The quantitative estimate of drug-likeness (QED) is 0.0995. The fourth-order valence-corrected chi connectivity index (χ4v) is 7.57. The average molecular weight is 761 g/mol. The molecule has 2 heterocycles. The average Bonchev–Trinajstić information content (AvgIpc) is 3.57. The minimum absolute atomic E-state index is 0.0333. The van der Waals surface area contributed by atoms with Gasteiger partial charge in [-0.1, -0.05) is 54.1 Å². The number of ketones is 1. The molecule has 2 aromatic rings. The Morgan fingerprint density at radius 2 is 1.69 bits per heavy atom. The van der Waals surface area contributed by atoms with Crippen molar-refractivity contribution < 1.29 is 32.3 Å². The van der Waals surface area contributed by atoms with Gasteiger partial charge in [-0.3, -0.25) is 19.2 Å². The summed E-state index contributed by atoms with van der Waals surface area (Å²) in [6.07, 6.45) is 5.08. The van der Waals surface area contributed by atoms with E-state index in [-0.39, 0.29) is 39.0 Å². The monoisotopic (exact) mass is 760 g/mol. The number of Topliss-reactive ketones (excluding diaryl/α,β-unsaturated/α-hetero) is 1. The SMILES string of the molecule is CS(=O)(=O)N[C@H](CCC1CCNCC1)C(=O)N1C[C@H](OCc2ccc(Cl)cc2)CC1C(=O)N[C@@H](CCCCN)C(=O)C(=O)NCCc1ccccc1. The number of rotatable bonds is 20. The Morgan fingerprint density at radius 1 is 0.981 bits per heavy atom. The zero-order valence-electron chi connectivity index (χ0n) is 29.9. The molecular weight excluding hydrogens is 708 g/mol. The van der Waals surface area contributed by atoms with Crippen LogP contribution in [0.2, 0.25) is 5.02 Å². The van der Waals surface area contributed by atoms with Gasteiger partial charge in [-0.2, -0.15) is 0 Å². The van der Waals surface area contributed by atoms with Crippen molar-refractivity contribution in [3.05, 3.63) is 70.7 Å². The number of carbonyl (C=O) groups is 4. The van der Waals surface area contributed by atoms with E-state index in [0.29, 0.717) is 43.2 Å². The summed E-state index contributed by atoms with van der Waals surface area (Å²) < 4.78 is 33.6. The number of nitrogens with zero attached hydrogens (tertiary/aromatic N) is 1. The molecule has 4 rings (SSSR count). The maximum Gasteiger partial charge on any atom is 0.289 e. The van der Waals surface area contributed by atoms with Gasteiger partial charge in [-0.25, -0.2) is 13.1 Å². The molecule has 15 heteroatoms. The number of nitrogens with one attached hydrogen (secondary N) is 4. The minimum atomic E-state index is -3.78. The van der Waals surface area contributed by atoms with Crippen LogP contribution < -0.4 is 26.4 Å². The Labute approximate surface area is 312 Å². The molecule has 0 radical (unpaired) electrons. The molecule has 0 saturated carbocycles. The summed E-state index contributed by atoms with van der Waals surface area (Å²) in [7, 11) is -3.78. The van der Waals surface area contributed by atoms with Crippen molar-refractivity contribution in [2.75, 3.05) is 39.0 Å². The van der Waals surface area contributed by atoms with Crippen LogP contribution in [0.5, 0.6) is 0 Å². The Bertz CT molecular complexity index is 1570. The number of carbonyl (C=O) groups excluding carboxylic acids is 4. The normalized spacial score (nSPS) is 19.2. The zero-order valence-corrected chi connectivity index (χ0v) is 31.4. The second-order valence-electron chi connectivity index (χ2n) is 13.7. The zero-order chi connectivity index (χ0) is 37.5. The van der Waals surface area contributed by atoms with Crippen LogP contribution in [-0.4, -0.2) is 100 Å². The summed E-state index contributed by atoms with van der Waals surface area (Å²) in [5.41, 5.74) is 7.54. The van der Waals surface area contributed by atoms with Crippen LogP contribution in [0.3, 0.4) is 0 Å². The Balaban J connectivity index is 1.50. The van der Waals surface area contributed by atoms with E-state index in [0.717, 1.165) is 43.3 Å². The van der Waals surface area contributed by atoms with Gasteiger partial charge < -0.3 is 31.3 Å². The number of amides is 3. The summed E-state index contributed by atoms with van der Waals surface area (Å²) in [5, 5.41) is 9.32. The van der Waals surface area contributed by atoms with E-state index in [9.17, 15) is 27.6 Å². The van der Waals surface area contributed by atoms with Gasteiger partial charge in [0.05, 0.1) is 25.0 Å². The second-order valence-corrected chi connectivity index (χ2v) is 15.9. The fraction of sp³-hybridized carbons (Fsp3) is 0.568. The first-order chi connectivity index (χ1) is 24.9. The number of hydrogen-bond donors (Lipinski definition) is 5. The standard InChI is InChI=1S/C37H53ClN6O7S/c1-52(49,50)43-32(15-12-27-16-20-40-21-17-27)37(48)44-24-30(51-25-28-10-13-29(38)14-11-28)23-33(44)35(46)42-31(9-5-6-19-39)34(45)36(47)41-22-18-26-7-3-2-4-8-26/h2-4,7-8,10-11,13-14,27,30-33,40,43H,5-6,9,12,15-25,39H2,1H3,(H,41,47)(H,42,46)/t30-,31+,32-,33?/m1/s1. The number of halogens is 1. The van der Waals surface area contributed by atoms with Crippen LogP contribution in [-0.2, 0) is 47.0 Å². The third-order valence-corrected chi connectivity index (χ3v) is 10.5. The molecule has 52 heavy (non-hydrogen) atoms. The second kappa shape index (κ2) is 20.7. The van der Waals surface area contributed by atoms with Gasteiger partial charge in [0.25, 0.3) is 5.91 Å². The van der Waals surface area contributed by atoms with Crippen LogP contribution in [0, 0.1) is 5.92 Å². The minimum Gasteiger partial charge on any atom is -0.372 e. The van der Waals surface area contributed by atoms with E-state index < -0.39 is 57.8 Å². The van der Waals surface area contributed by atoms with Gasteiger partial charge in [0.2, 0.25) is 27.6 Å². The van der Waals surface area contributed by atoms with E-state index in [1.165, 1.54) is 4.90 Å². The van der Waals surface area contributed by atoms with E-state index >= 15 is 0 Å². The van der Waals surface area contributed by atoms with Gasteiger partial charge in [-0.05, 0) is 100 Å². The fourth-order valence-electron chi connectivity index (χ4n) is 6.71. The molecule has 1 unspecified atom stereocenters. The third-order valence-electron chi connectivity index (χ3n) is 9.57. The third kappa shape index (κ3) is 13.5. The van der Waals surface area contributed by atoms with E-state index in [1.54, 1.807) is 12.1 Å². The van der Waals surface area contributed by atoms with Crippen molar-refractivity contribution in [3.8, 4) is 0 Å². The Morgan fingerprint density at radius 3 is 2.37 bits per heavy atom. The van der Waals surface area contributed by atoms with E-state index in [1.807, 2.05) is 42.5 Å². The lowest BCUT2D eigenvalue weighted by Gasteiger charge is -2.30. The molecule has 2 aromatic carbocycles. The molecule has 4 atom stereocenters. The first-order valence-electron chi connectivity index (χ1n) is 18.1. The lowest BCUT2D eigenvalue weighted by atomic mass is 9.91. The summed E-state index contributed by atoms with van der Waals surface area (Å²) in [6.45, 7) is 2.57. The van der Waals surface area contributed by atoms with Gasteiger partial charge >= 0.3 is 0 Å². The van der Waals surface area contributed by atoms with Crippen LogP contribution >= 0.6 is 11.6 Å². The van der Waals surface area contributed by atoms with Gasteiger partial charge in [-0.15, -0.1) is 0 Å². The molecule has 0 aliphatic carbocycles. The number of piperidine rings is 1. The van der Waals surface area contributed by atoms with Crippen molar-refractivity contribution in [2.45, 2.75) is 88.6 Å². The highest BCUT2D eigenvalue weighted by atomic mass is 35.5. The molecule has 0 aromatic heterocycles. The first-order valence-corrected chi connectivity index (χ1v) is 20.4. The number of likely N-dealkylation sites (tertiary alicyclic amines) is 1. The topological polar surface area (TPSA) is 189 Å². The molecule has 2 saturated heterocycles. The van der Waals surface area contributed by atoms with Crippen molar-refractivity contribution >= 4 is 45.1 Å². The number of unbranched alkanes of at least 4 members (excludes halogenated alkanes) is 1. The summed E-state index contributed by atoms with van der Waals surface area (Å²) in [4.78, 5) is 56.1. The number of ether oxygens (including phenoxy) is 1. The highest BCUT2D eigenvalue weighted by Gasteiger charge is 2.44. The first kappa shape index (κ1) is 41.4. The van der Waals surface area contributed by atoms with Crippen LogP contribution in [0.25, 0.3) is 0 Å². The summed E-state index contributed by atoms with van der Waals surface area (Å²) >= 11 is 6.03. The maximum atomic E-state index is 14.2. The van der Waals surface area contributed by atoms with E-state index in [2.05, 4.69) is 20.7 Å². The highest BCUT2D eigenvalue weighted by molar-refractivity contribution is 7.88. The largest absolute Gasteiger partial charge is 0.372 e. The predicted molar refractivity (Wildman–Crippen MR) is 200 cm³/mol. The summed E-state index contributed by atoms with van der Waals surface area (Å²) in [5.74, 6) is -2.42. The number of nitrogens with two attached hydrogens (primary N) is 1. The predicted octanol–water partition coefficient (Wildman–Crippen LogP) is 2.07. The number of sulfonamides is 1. The maximum absolute atomic E-state index is 14.2. The van der Waals surface area contributed by atoms with Gasteiger partial charge in [0.15, 0.2) is 0 Å². The van der Waals surface area contributed by atoms with Crippen LogP contribution in [0.1, 0.15) is 62.5 Å². The molecule has 2 aliphatic heterocycles. The molecule has 3 amide bonds. The van der Waals surface area contributed by atoms with Gasteiger partial charge in [0, 0.05) is 24.5 Å². The van der Waals surface area contributed by atoms with Crippen molar-refractivity contribution in [3.63, 3.8) is 0 Å². The molecule has 0 bridgehead atoms. The summed E-state index contributed by atoms with van der Waals surface area (Å²) in [6, 6.07) is 13.3. The molecule has 286 valence electrons. The smallest absolute Gasteiger partial charge is 0.289 e. The van der Waals surface area contributed by atoms with Crippen molar-refractivity contribution in [2.24, 2.45) is 11.7 Å². The molecule has 6 N–H and O–H groups in total. The van der Waals surface area contributed by atoms with Crippen LogP contribution in [0.15, 0.2) is 54.6 Å². The number of hydrogen-bond acceptors (Lipinski definition) is 9. The van der Waals surface area contributed by atoms with Crippen molar-refractivity contribution in [1.29, 1.82) is 0 Å². The number of benzene rings is 2. The Kier molecular flexibility index (Phi) is 16.5. The van der Waals surface area contributed by atoms with Crippen molar-refractivity contribution in [1.82, 2.24) is 25.6 Å². The van der Waals surface area contributed by atoms with E-state index in [4.69, 9.17) is 22.1 Å². The molecule has 0 spiro atoms. The lowest BCUT2D eigenvalue weighted by Crippen LogP contribution is -2.56.